The van der Waals surface area contributed by atoms with Crippen molar-refractivity contribution >= 4 is 17.4 Å². The Bertz CT molecular complexity index is 1100. The summed E-state index contributed by atoms with van der Waals surface area (Å²) in [5, 5.41) is 3.36. The summed E-state index contributed by atoms with van der Waals surface area (Å²) in [5.41, 5.74) is 7.34. The first-order valence-electron chi connectivity index (χ1n) is 9.92. The van der Waals surface area contributed by atoms with Crippen LogP contribution in [-0.2, 0) is 16.9 Å². The Labute approximate surface area is 172 Å². The zero-order valence-corrected chi connectivity index (χ0v) is 16.2. The maximum Gasteiger partial charge on any atom is 0.237 e. The maximum atomic E-state index is 13.5. The van der Waals surface area contributed by atoms with Gasteiger partial charge < -0.3 is 20.5 Å². The van der Waals surface area contributed by atoms with Crippen LogP contribution in [0.1, 0.15) is 18.7 Å². The zero-order chi connectivity index (χ0) is 20.9. The van der Waals surface area contributed by atoms with Crippen molar-refractivity contribution in [2.24, 2.45) is 5.73 Å². The number of nitrogens with zero attached hydrogens (tertiary/aromatic N) is 3. The number of halogens is 2. The number of nitrogens with one attached hydrogen (secondary N) is 1. The lowest BCUT2D eigenvalue weighted by molar-refractivity contribution is -0.134. The molecule has 3 aromatic rings. The number of carbonyl (C=O) groups excluding carboxylic acids is 1. The molecule has 1 aliphatic carbocycles. The van der Waals surface area contributed by atoms with E-state index in [0.717, 1.165) is 30.0 Å². The van der Waals surface area contributed by atoms with Gasteiger partial charge in [0.05, 0.1) is 6.54 Å². The average molecular weight is 409 g/mol. The van der Waals surface area contributed by atoms with Gasteiger partial charge in [-0.2, -0.15) is 0 Å². The largest absolute Gasteiger partial charge is 0.340 e. The Morgan fingerprint density at radius 3 is 2.27 bits per heavy atom. The second kappa shape index (κ2) is 6.91. The SMILES string of the molecule is NCC(=O)N1CCn2c(nc(-c3ccc(F)cc3)c2Nc2ccc(F)cc2)C12CC2. The Kier molecular flexibility index (Phi) is 4.32. The fraction of sp³-hybridized carbons (Fsp3) is 0.273. The molecule has 0 unspecified atom stereocenters. The zero-order valence-electron chi connectivity index (χ0n) is 16.2. The van der Waals surface area contributed by atoms with E-state index >= 15 is 0 Å². The summed E-state index contributed by atoms with van der Waals surface area (Å²) in [6.45, 7) is 1.06. The monoisotopic (exact) mass is 409 g/mol. The number of amides is 1. The highest BCUT2D eigenvalue weighted by atomic mass is 19.1. The predicted octanol–water partition coefficient (Wildman–Crippen LogP) is 3.36. The van der Waals surface area contributed by atoms with Gasteiger partial charge in [0.1, 0.15) is 34.5 Å². The van der Waals surface area contributed by atoms with Crippen molar-refractivity contribution in [3.8, 4) is 11.3 Å². The topological polar surface area (TPSA) is 76.2 Å². The molecular weight excluding hydrogens is 388 g/mol. The summed E-state index contributed by atoms with van der Waals surface area (Å²) >= 11 is 0. The molecule has 2 heterocycles. The Morgan fingerprint density at radius 2 is 1.67 bits per heavy atom. The van der Waals surface area contributed by atoms with Crippen LogP contribution in [0.5, 0.6) is 0 Å². The number of nitrogens with two attached hydrogens (primary N) is 1. The van der Waals surface area contributed by atoms with Gasteiger partial charge in [-0.15, -0.1) is 0 Å². The van der Waals surface area contributed by atoms with Crippen LogP contribution >= 0.6 is 0 Å². The van der Waals surface area contributed by atoms with Gasteiger partial charge in [0.15, 0.2) is 0 Å². The van der Waals surface area contributed by atoms with E-state index in [4.69, 9.17) is 10.7 Å². The summed E-state index contributed by atoms with van der Waals surface area (Å²) in [6.07, 6.45) is 1.66. The minimum Gasteiger partial charge on any atom is -0.340 e. The molecule has 1 amide bonds. The van der Waals surface area contributed by atoms with Gasteiger partial charge in [0.2, 0.25) is 5.91 Å². The van der Waals surface area contributed by atoms with Crippen molar-refractivity contribution in [3.63, 3.8) is 0 Å². The molecular formula is C22H21F2N5O. The van der Waals surface area contributed by atoms with E-state index < -0.39 is 5.54 Å². The first kappa shape index (κ1) is 18.7. The van der Waals surface area contributed by atoms with Crippen LogP contribution in [0.25, 0.3) is 11.3 Å². The lowest BCUT2D eigenvalue weighted by Gasteiger charge is -2.36. The predicted molar refractivity (Wildman–Crippen MR) is 109 cm³/mol. The first-order chi connectivity index (χ1) is 14.5. The summed E-state index contributed by atoms with van der Waals surface area (Å²) in [5.74, 6) is 0.823. The lowest BCUT2D eigenvalue weighted by atomic mass is 10.1. The molecule has 0 bridgehead atoms. The fourth-order valence-corrected chi connectivity index (χ4v) is 4.25. The fourth-order valence-electron chi connectivity index (χ4n) is 4.25. The molecule has 3 N–H and O–H groups in total. The quantitative estimate of drug-likeness (QED) is 0.693. The molecule has 1 spiro atoms. The van der Waals surface area contributed by atoms with Crippen LogP contribution < -0.4 is 11.1 Å². The van der Waals surface area contributed by atoms with Crippen LogP contribution in [-0.4, -0.2) is 33.4 Å². The number of carbonyl (C=O) groups is 1. The molecule has 1 aliphatic heterocycles. The third-order valence-electron chi connectivity index (χ3n) is 5.87. The van der Waals surface area contributed by atoms with Gasteiger partial charge in [-0.1, -0.05) is 0 Å². The van der Waals surface area contributed by atoms with E-state index in [1.807, 2.05) is 4.90 Å². The molecule has 0 atom stereocenters. The van der Waals surface area contributed by atoms with Crippen molar-refractivity contribution in [2.45, 2.75) is 24.9 Å². The molecule has 0 radical (unpaired) electrons. The van der Waals surface area contributed by atoms with Gasteiger partial charge in [-0.3, -0.25) is 4.79 Å². The molecule has 2 aliphatic rings. The normalized spacial score (nSPS) is 16.4. The Morgan fingerprint density at radius 1 is 1.03 bits per heavy atom. The summed E-state index contributed by atoms with van der Waals surface area (Å²) < 4.78 is 28.9. The summed E-state index contributed by atoms with van der Waals surface area (Å²) in [7, 11) is 0. The lowest BCUT2D eigenvalue weighted by Crippen LogP contribution is -2.49. The molecule has 1 aromatic heterocycles. The Balaban J connectivity index is 1.63. The number of fused-ring (bicyclic) bond motifs is 2. The minimum atomic E-state index is -0.438. The Hall–Kier alpha value is -3.26. The van der Waals surface area contributed by atoms with E-state index in [-0.39, 0.29) is 24.1 Å². The molecule has 1 fully saturated rings. The second-order valence-electron chi connectivity index (χ2n) is 7.70. The molecule has 5 rings (SSSR count). The van der Waals surface area contributed by atoms with Crippen molar-refractivity contribution < 1.29 is 13.6 Å². The standard InChI is InChI=1S/C22H21F2N5O/c23-15-3-1-14(2-4-15)19-20(26-17-7-5-16(24)6-8-17)28-11-12-29(18(30)13-25)22(9-10-22)21(28)27-19/h1-8,26H,9-13,25H2. The van der Waals surface area contributed by atoms with E-state index in [2.05, 4.69) is 9.88 Å². The minimum absolute atomic E-state index is 0.0338. The highest BCUT2D eigenvalue weighted by Gasteiger charge is 2.56. The molecule has 154 valence electrons. The van der Waals surface area contributed by atoms with E-state index in [1.165, 1.54) is 24.3 Å². The van der Waals surface area contributed by atoms with Crippen molar-refractivity contribution in [1.82, 2.24) is 14.5 Å². The number of benzene rings is 2. The van der Waals surface area contributed by atoms with Crippen LogP contribution in [0, 0.1) is 11.6 Å². The molecule has 8 heteroatoms. The maximum absolute atomic E-state index is 13.5. The number of rotatable bonds is 4. The number of hydrogen-bond donors (Lipinski definition) is 2. The highest BCUT2D eigenvalue weighted by molar-refractivity contribution is 5.81. The second-order valence-corrected chi connectivity index (χ2v) is 7.70. The van der Waals surface area contributed by atoms with Gasteiger partial charge in [-0.05, 0) is 61.4 Å². The highest BCUT2D eigenvalue weighted by Crippen LogP contribution is 2.54. The van der Waals surface area contributed by atoms with E-state index in [9.17, 15) is 13.6 Å². The molecule has 0 saturated heterocycles. The van der Waals surface area contributed by atoms with Crippen molar-refractivity contribution in [1.29, 1.82) is 0 Å². The third-order valence-corrected chi connectivity index (χ3v) is 5.87. The first-order valence-corrected chi connectivity index (χ1v) is 9.92. The smallest absolute Gasteiger partial charge is 0.237 e. The summed E-state index contributed by atoms with van der Waals surface area (Å²) in [4.78, 5) is 19.2. The number of anilines is 2. The van der Waals surface area contributed by atoms with Crippen LogP contribution in [0.15, 0.2) is 48.5 Å². The molecule has 6 nitrogen and oxygen atoms in total. The van der Waals surface area contributed by atoms with Gasteiger partial charge in [-0.25, -0.2) is 13.8 Å². The molecule has 2 aromatic carbocycles. The average Bonchev–Trinajstić information content (AvgIpc) is 3.45. The van der Waals surface area contributed by atoms with Crippen molar-refractivity contribution in [2.75, 3.05) is 18.4 Å². The van der Waals surface area contributed by atoms with Crippen molar-refractivity contribution in [3.05, 3.63) is 66.0 Å². The number of imidazole rings is 1. The van der Waals surface area contributed by atoms with Gasteiger partial charge in [0.25, 0.3) is 0 Å². The van der Waals surface area contributed by atoms with Crippen LogP contribution in [0.3, 0.4) is 0 Å². The van der Waals surface area contributed by atoms with Gasteiger partial charge >= 0.3 is 0 Å². The van der Waals surface area contributed by atoms with Crippen LogP contribution in [0.2, 0.25) is 0 Å². The number of aromatic nitrogens is 2. The third kappa shape index (κ3) is 2.95. The van der Waals surface area contributed by atoms with Crippen LogP contribution in [0.4, 0.5) is 20.3 Å². The number of hydrogen-bond acceptors (Lipinski definition) is 4. The molecule has 1 saturated carbocycles. The van der Waals surface area contributed by atoms with E-state index in [0.29, 0.717) is 24.5 Å². The van der Waals surface area contributed by atoms with E-state index in [1.54, 1.807) is 24.3 Å². The summed E-state index contributed by atoms with van der Waals surface area (Å²) in [6, 6.07) is 12.2. The molecule has 30 heavy (non-hydrogen) atoms. The van der Waals surface area contributed by atoms with Gasteiger partial charge in [0, 0.05) is 24.3 Å².